The second-order valence-corrected chi connectivity index (χ2v) is 4.14. The Balaban J connectivity index is 2.50. The van der Waals surface area contributed by atoms with Gasteiger partial charge in [0.15, 0.2) is 0 Å². The third-order valence-electron chi connectivity index (χ3n) is 2.28. The van der Waals surface area contributed by atoms with Crippen molar-refractivity contribution in [2.45, 2.75) is 19.4 Å². The van der Waals surface area contributed by atoms with Gasteiger partial charge in [-0.2, -0.15) is 0 Å². The molecule has 0 radical (unpaired) electrons. The van der Waals surface area contributed by atoms with Crippen molar-refractivity contribution in [2.75, 3.05) is 13.7 Å². The number of hydrogen-bond acceptors (Lipinski definition) is 2. The number of aliphatic hydroxyl groups is 1. The first kappa shape index (κ1) is 13.0. The fraction of sp³-hybridized carbons (Fsp3) is 0.417. The lowest BCUT2D eigenvalue weighted by molar-refractivity contribution is -0.130. The van der Waals surface area contributed by atoms with Crippen LogP contribution in [0.2, 0.25) is 5.02 Å². The molecule has 1 amide bonds. The van der Waals surface area contributed by atoms with Crippen LogP contribution in [-0.2, 0) is 11.3 Å². The summed E-state index contributed by atoms with van der Waals surface area (Å²) in [7, 11) is 1.75. The number of nitrogens with zero attached hydrogens (tertiary/aromatic N) is 1. The maximum Gasteiger partial charge on any atom is 0.222 e. The summed E-state index contributed by atoms with van der Waals surface area (Å²) in [6.07, 6.45) is 0.895. The first-order valence-corrected chi connectivity index (χ1v) is 5.60. The summed E-state index contributed by atoms with van der Waals surface area (Å²) in [4.78, 5) is 13.2. The zero-order valence-corrected chi connectivity index (χ0v) is 10.1. The van der Waals surface area contributed by atoms with E-state index in [0.717, 1.165) is 5.56 Å². The molecular formula is C12H16ClNO2. The van der Waals surface area contributed by atoms with Crippen molar-refractivity contribution >= 4 is 17.5 Å². The highest BCUT2D eigenvalue weighted by Gasteiger charge is 2.08. The van der Waals surface area contributed by atoms with Gasteiger partial charge in [0.2, 0.25) is 5.91 Å². The van der Waals surface area contributed by atoms with Gasteiger partial charge in [0.1, 0.15) is 0 Å². The number of halogens is 1. The van der Waals surface area contributed by atoms with Crippen molar-refractivity contribution in [2.24, 2.45) is 0 Å². The van der Waals surface area contributed by atoms with Crippen LogP contribution in [0, 0.1) is 0 Å². The Kier molecular flexibility index (Phi) is 5.29. The van der Waals surface area contributed by atoms with Gasteiger partial charge in [-0.1, -0.05) is 23.7 Å². The quantitative estimate of drug-likeness (QED) is 0.858. The van der Waals surface area contributed by atoms with Gasteiger partial charge in [-0.3, -0.25) is 4.79 Å². The normalized spacial score (nSPS) is 10.2. The lowest BCUT2D eigenvalue weighted by atomic mass is 10.2. The van der Waals surface area contributed by atoms with Crippen LogP contribution in [0.5, 0.6) is 0 Å². The summed E-state index contributed by atoms with van der Waals surface area (Å²) < 4.78 is 0. The summed E-state index contributed by atoms with van der Waals surface area (Å²) in [6.45, 7) is 0.599. The van der Waals surface area contributed by atoms with E-state index >= 15 is 0 Å². The van der Waals surface area contributed by atoms with Crippen LogP contribution in [0.1, 0.15) is 18.4 Å². The Morgan fingerprint density at radius 3 is 2.88 bits per heavy atom. The van der Waals surface area contributed by atoms with Crippen molar-refractivity contribution in [1.29, 1.82) is 0 Å². The Morgan fingerprint density at radius 1 is 1.50 bits per heavy atom. The second kappa shape index (κ2) is 6.51. The molecule has 0 fully saturated rings. The highest BCUT2D eigenvalue weighted by Crippen LogP contribution is 2.12. The van der Waals surface area contributed by atoms with Gasteiger partial charge in [0.25, 0.3) is 0 Å². The lowest BCUT2D eigenvalue weighted by Crippen LogP contribution is -2.26. The highest BCUT2D eigenvalue weighted by atomic mass is 35.5. The molecule has 88 valence electrons. The molecule has 1 aromatic carbocycles. The molecule has 0 bridgehead atoms. The van der Waals surface area contributed by atoms with E-state index in [2.05, 4.69) is 0 Å². The molecule has 0 aromatic heterocycles. The molecule has 0 saturated heterocycles. The summed E-state index contributed by atoms with van der Waals surface area (Å²) in [5.74, 6) is 0.0361. The first-order valence-electron chi connectivity index (χ1n) is 5.22. The van der Waals surface area contributed by atoms with Crippen LogP contribution in [0.4, 0.5) is 0 Å². The summed E-state index contributed by atoms with van der Waals surface area (Å²) in [5.41, 5.74) is 1.01. The second-order valence-electron chi connectivity index (χ2n) is 3.71. The van der Waals surface area contributed by atoms with Crippen LogP contribution in [0.15, 0.2) is 24.3 Å². The smallest absolute Gasteiger partial charge is 0.222 e. The van der Waals surface area contributed by atoms with E-state index in [1.54, 1.807) is 18.0 Å². The summed E-state index contributed by atoms with van der Waals surface area (Å²) in [5, 5.41) is 9.31. The lowest BCUT2D eigenvalue weighted by Gasteiger charge is -2.17. The Labute approximate surface area is 101 Å². The monoisotopic (exact) mass is 241 g/mol. The minimum absolute atomic E-state index is 0.0361. The van der Waals surface area contributed by atoms with Crippen LogP contribution in [0.3, 0.4) is 0 Å². The molecule has 0 atom stereocenters. The number of benzene rings is 1. The molecule has 0 saturated carbocycles. The van der Waals surface area contributed by atoms with Gasteiger partial charge in [0, 0.05) is 31.6 Å². The van der Waals surface area contributed by atoms with Crippen molar-refractivity contribution in [3.8, 4) is 0 Å². The van der Waals surface area contributed by atoms with Crippen LogP contribution in [-0.4, -0.2) is 29.6 Å². The van der Waals surface area contributed by atoms with Crippen LogP contribution >= 0.6 is 11.6 Å². The number of hydrogen-bond donors (Lipinski definition) is 1. The third kappa shape index (κ3) is 4.21. The number of rotatable bonds is 5. The van der Waals surface area contributed by atoms with Crippen molar-refractivity contribution in [3.63, 3.8) is 0 Å². The van der Waals surface area contributed by atoms with Gasteiger partial charge in [-0.15, -0.1) is 0 Å². The van der Waals surface area contributed by atoms with E-state index in [4.69, 9.17) is 16.7 Å². The van der Waals surface area contributed by atoms with Gasteiger partial charge in [0.05, 0.1) is 0 Å². The molecule has 0 unspecified atom stereocenters. The van der Waals surface area contributed by atoms with Gasteiger partial charge in [-0.05, 0) is 24.1 Å². The predicted molar refractivity (Wildman–Crippen MR) is 64.2 cm³/mol. The molecule has 0 aliphatic carbocycles. The average molecular weight is 242 g/mol. The fourth-order valence-corrected chi connectivity index (χ4v) is 1.63. The zero-order valence-electron chi connectivity index (χ0n) is 9.32. The minimum atomic E-state index is 0.0361. The van der Waals surface area contributed by atoms with E-state index < -0.39 is 0 Å². The van der Waals surface area contributed by atoms with Gasteiger partial charge < -0.3 is 10.0 Å². The molecule has 1 N–H and O–H groups in total. The molecule has 0 spiro atoms. The molecule has 0 heterocycles. The average Bonchev–Trinajstić information content (AvgIpc) is 2.25. The summed E-state index contributed by atoms with van der Waals surface area (Å²) >= 11 is 5.85. The molecule has 1 rings (SSSR count). The van der Waals surface area contributed by atoms with E-state index in [1.807, 2.05) is 18.2 Å². The van der Waals surface area contributed by atoms with E-state index in [-0.39, 0.29) is 12.5 Å². The van der Waals surface area contributed by atoms with E-state index in [0.29, 0.717) is 24.4 Å². The molecule has 0 aliphatic rings. The number of carbonyl (C=O) groups excluding carboxylic acids is 1. The maximum atomic E-state index is 11.6. The van der Waals surface area contributed by atoms with E-state index in [1.165, 1.54) is 0 Å². The minimum Gasteiger partial charge on any atom is -0.396 e. The van der Waals surface area contributed by atoms with Crippen LogP contribution < -0.4 is 0 Å². The maximum absolute atomic E-state index is 11.6. The molecule has 16 heavy (non-hydrogen) atoms. The molecule has 0 aliphatic heterocycles. The highest BCUT2D eigenvalue weighted by molar-refractivity contribution is 6.30. The molecule has 3 nitrogen and oxygen atoms in total. The van der Waals surface area contributed by atoms with Crippen molar-refractivity contribution in [1.82, 2.24) is 4.90 Å². The Hall–Kier alpha value is -1.06. The summed E-state index contributed by atoms with van der Waals surface area (Å²) in [6, 6.07) is 7.45. The Bertz CT molecular complexity index is 355. The molecule has 1 aromatic rings. The molecule has 4 heteroatoms. The SMILES string of the molecule is CN(Cc1cccc(Cl)c1)C(=O)CCCO. The van der Waals surface area contributed by atoms with Gasteiger partial charge in [-0.25, -0.2) is 0 Å². The van der Waals surface area contributed by atoms with Gasteiger partial charge >= 0.3 is 0 Å². The number of aliphatic hydroxyl groups excluding tert-OH is 1. The van der Waals surface area contributed by atoms with Crippen molar-refractivity contribution in [3.05, 3.63) is 34.9 Å². The fourth-order valence-electron chi connectivity index (χ4n) is 1.42. The third-order valence-corrected chi connectivity index (χ3v) is 2.52. The Morgan fingerprint density at radius 2 is 2.25 bits per heavy atom. The largest absolute Gasteiger partial charge is 0.396 e. The zero-order chi connectivity index (χ0) is 12.0. The standard InChI is InChI=1S/C12H16ClNO2/c1-14(12(16)6-3-7-15)9-10-4-2-5-11(13)8-10/h2,4-5,8,15H,3,6-7,9H2,1H3. The number of carbonyl (C=O) groups is 1. The van der Waals surface area contributed by atoms with E-state index in [9.17, 15) is 4.79 Å². The first-order chi connectivity index (χ1) is 7.63. The predicted octanol–water partition coefficient (Wildman–Crippen LogP) is 2.07. The number of amides is 1. The van der Waals surface area contributed by atoms with Crippen LogP contribution in [0.25, 0.3) is 0 Å². The molecular weight excluding hydrogens is 226 g/mol. The van der Waals surface area contributed by atoms with Crippen molar-refractivity contribution < 1.29 is 9.90 Å². The topological polar surface area (TPSA) is 40.5 Å².